The molecule has 0 fully saturated rings. The van der Waals surface area contributed by atoms with Crippen LogP contribution in [0.3, 0.4) is 0 Å². The summed E-state index contributed by atoms with van der Waals surface area (Å²) >= 11 is 0. The molecule has 0 saturated carbocycles. The highest BCUT2D eigenvalue weighted by Gasteiger charge is 2.35. The van der Waals surface area contributed by atoms with Crippen molar-refractivity contribution in [3.8, 4) is 55.6 Å². The molecular weight excluding hydrogens is 715 g/mol. The maximum atomic E-state index is 6.51. The SMILES string of the molecule is CC1(C)c2ccc(-c3cccc(N(c4ccc(-c5ccccc5)cc4)c4cccc(-c5cccc6c5oc5ccccc56)c4)c3)cc2-c2ccc(-c3ccccc3)cc21. The van der Waals surface area contributed by atoms with Crippen LogP contribution < -0.4 is 4.90 Å². The second kappa shape index (κ2) is 13.9. The smallest absolute Gasteiger partial charge is 0.143 e. The first-order valence-corrected chi connectivity index (χ1v) is 20.4. The maximum Gasteiger partial charge on any atom is 0.143 e. The molecule has 0 N–H and O–H groups in total. The number of fused-ring (bicyclic) bond motifs is 6. The molecule has 0 saturated heterocycles. The summed E-state index contributed by atoms with van der Waals surface area (Å²) in [5, 5.41) is 2.26. The molecule has 0 unspecified atom stereocenters. The Kier molecular flexibility index (Phi) is 8.20. The summed E-state index contributed by atoms with van der Waals surface area (Å²) in [7, 11) is 0. The molecule has 0 bridgehead atoms. The van der Waals surface area contributed by atoms with Gasteiger partial charge in [-0.1, -0.05) is 172 Å². The predicted molar refractivity (Wildman–Crippen MR) is 248 cm³/mol. The molecule has 1 heterocycles. The van der Waals surface area contributed by atoms with E-state index in [4.69, 9.17) is 4.42 Å². The average Bonchev–Trinajstić information content (AvgIpc) is 3.79. The molecule has 59 heavy (non-hydrogen) atoms. The standard InChI is InChI=1S/C57H41NO/c1-57(2)53-33-29-42(36-52(53)49-32-28-43(37-54(49)57)39-16-7-4-8-17-39)41-18-11-20-46(34-41)58(45-30-26-40(27-31-45)38-14-5-3-6-15-38)47-21-12-19-44(35-47)48-23-13-24-51-50-22-9-10-25-55(50)59-56(48)51/h3-37H,1-2H3. The minimum atomic E-state index is -0.101. The Morgan fingerprint density at radius 1 is 0.339 bits per heavy atom. The molecule has 0 aliphatic heterocycles. The first kappa shape index (κ1) is 34.8. The van der Waals surface area contributed by atoms with Crippen LogP contribution in [0.1, 0.15) is 25.0 Å². The lowest BCUT2D eigenvalue weighted by Crippen LogP contribution is -2.15. The van der Waals surface area contributed by atoms with Gasteiger partial charge in [-0.15, -0.1) is 0 Å². The van der Waals surface area contributed by atoms with E-state index in [0.29, 0.717) is 0 Å². The van der Waals surface area contributed by atoms with E-state index in [1.165, 1.54) is 55.6 Å². The number of nitrogens with zero attached hydrogens (tertiary/aromatic N) is 1. The van der Waals surface area contributed by atoms with E-state index in [1.54, 1.807) is 0 Å². The summed E-state index contributed by atoms with van der Waals surface area (Å²) in [4.78, 5) is 2.37. The van der Waals surface area contributed by atoms with Crippen molar-refractivity contribution < 1.29 is 4.42 Å². The highest BCUT2D eigenvalue weighted by Crippen LogP contribution is 2.51. The van der Waals surface area contributed by atoms with E-state index < -0.39 is 0 Å². The normalized spacial score (nSPS) is 12.7. The minimum absolute atomic E-state index is 0.101. The summed E-state index contributed by atoms with van der Waals surface area (Å²) in [6.45, 7) is 4.72. The summed E-state index contributed by atoms with van der Waals surface area (Å²) in [5.41, 5.74) is 19.8. The predicted octanol–water partition coefficient (Wildman–Crippen LogP) is 16.0. The van der Waals surface area contributed by atoms with Crippen LogP contribution >= 0.6 is 0 Å². The topological polar surface area (TPSA) is 16.4 Å². The van der Waals surface area contributed by atoms with Gasteiger partial charge in [0.15, 0.2) is 0 Å². The van der Waals surface area contributed by atoms with Crippen molar-refractivity contribution in [1.29, 1.82) is 0 Å². The molecule has 2 heteroatoms. The molecule has 0 radical (unpaired) electrons. The zero-order valence-corrected chi connectivity index (χ0v) is 33.1. The number of para-hydroxylation sites is 2. The van der Waals surface area contributed by atoms with Crippen molar-refractivity contribution >= 4 is 39.0 Å². The molecule has 0 spiro atoms. The largest absolute Gasteiger partial charge is 0.455 e. The van der Waals surface area contributed by atoms with E-state index in [2.05, 4.69) is 219 Å². The average molecular weight is 756 g/mol. The lowest BCUT2D eigenvalue weighted by Gasteiger charge is -2.27. The van der Waals surface area contributed by atoms with Gasteiger partial charge < -0.3 is 9.32 Å². The first-order chi connectivity index (χ1) is 29.0. The van der Waals surface area contributed by atoms with Crippen LogP contribution in [0.5, 0.6) is 0 Å². The number of furan rings is 1. The zero-order chi connectivity index (χ0) is 39.5. The van der Waals surface area contributed by atoms with Crippen molar-refractivity contribution in [2.45, 2.75) is 19.3 Å². The molecule has 2 nitrogen and oxygen atoms in total. The fourth-order valence-electron chi connectivity index (χ4n) is 9.24. The van der Waals surface area contributed by atoms with E-state index in [0.717, 1.165) is 50.1 Å². The molecule has 11 rings (SSSR count). The van der Waals surface area contributed by atoms with Crippen LogP contribution in [-0.4, -0.2) is 0 Å². The third kappa shape index (κ3) is 5.96. The maximum absolute atomic E-state index is 6.51. The van der Waals surface area contributed by atoms with Gasteiger partial charge in [0.25, 0.3) is 0 Å². The summed E-state index contributed by atoms with van der Waals surface area (Å²) < 4.78 is 6.51. The van der Waals surface area contributed by atoms with Gasteiger partial charge in [0, 0.05) is 38.8 Å². The van der Waals surface area contributed by atoms with E-state index in [9.17, 15) is 0 Å². The van der Waals surface area contributed by atoms with Gasteiger partial charge in [-0.05, 0) is 116 Å². The molecule has 1 aromatic heterocycles. The summed E-state index contributed by atoms with van der Waals surface area (Å²) in [6.07, 6.45) is 0. The van der Waals surface area contributed by atoms with Crippen molar-refractivity contribution in [2.75, 3.05) is 4.90 Å². The molecule has 0 amide bonds. The first-order valence-electron chi connectivity index (χ1n) is 20.4. The second-order valence-corrected chi connectivity index (χ2v) is 16.1. The number of anilines is 3. The van der Waals surface area contributed by atoms with Crippen LogP contribution in [0.2, 0.25) is 0 Å². The van der Waals surface area contributed by atoms with Gasteiger partial charge in [-0.3, -0.25) is 0 Å². The Labute approximate surface area is 345 Å². The van der Waals surface area contributed by atoms with Crippen molar-refractivity contribution in [2.24, 2.45) is 0 Å². The van der Waals surface area contributed by atoms with Gasteiger partial charge in [0.2, 0.25) is 0 Å². The molecule has 1 aliphatic carbocycles. The van der Waals surface area contributed by atoms with Crippen molar-refractivity contribution in [3.63, 3.8) is 0 Å². The Morgan fingerprint density at radius 2 is 0.881 bits per heavy atom. The zero-order valence-electron chi connectivity index (χ0n) is 33.1. The Bertz CT molecular complexity index is 3170. The Hall–Kier alpha value is -7.42. The highest BCUT2D eigenvalue weighted by atomic mass is 16.3. The Balaban J connectivity index is 1.02. The van der Waals surface area contributed by atoms with Gasteiger partial charge in [-0.25, -0.2) is 0 Å². The number of hydrogen-bond donors (Lipinski definition) is 0. The fourth-order valence-corrected chi connectivity index (χ4v) is 9.24. The highest BCUT2D eigenvalue weighted by molar-refractivity contribution is 6.09. The van der Waals surface area contributed by atoms with Gasteiger partial charge >= 0.3 is 0 Å². The van der Waals surface area contributed by atoms with E-state index in [1.807, 2.05) is 12.1 Å². The Morgan fingerprint density at radius 3 is 1.64 bits per heavy atom. The fraction of sp³-hybridized carbons (Fsp3) is 0.0526. The molecule has 280 valence electrons. The summed E-state index contributed by atoms with van der Waals surface area (Å²) in [5.74, 6) is 0. The second-order valence-electron chi connectivity index (χ2n) is 16.1. The lowest BCUT2D eigenvalue weighted by molar-refractivity contribution is 0.660. The van der Waals surface area contributed by atoms with Gasteiger partial charge in [0.05, 0.1) is 0 Å². The summed E-state index contributed by atoms with van der Waals surface area (Å²) in [6, 6.07) is 76.8. The van der Waals surface area contributed by atoms with Gasteiger partial charge in [0.1, 0.15) is 11.2 Å². The molecule has 0 atom stereocenters. The molecule has 1 aliphatic rings. The quantitative estimate of drug-likeness (QED) is 0.161. The minimum Gasteiger partial charge on any atom is -0.455 e. The number of benzene rings is 9. The molecular formula is C57H41NO. The van der Waals surface area contributed by atoms with Crippen LogP contribution in [-0.2, 0) is 5.41 Å². The van der Waals surface area contributed by atoms with Crippen LogP contribution in [0.4, 0.5) is 17.1 Å². The van der Waals surface area contributed by atoms with E-state index in [-0.39, 0.29) is 5.41 Å². The van der Waals surface area contributed by atoms with Crippen LogP contribution in [0.15, 0.2) is 217 Å². The third-order valence-corrected chi connectivity index (χ3v) is 12.3. The van der Waals surface area contributed by atoms with Crippen LogP contribution in [0, 0.1) is 0 Å². The van der Waals surface area contributed by atoms with Crippen molar-refractivity contribution in [1.82, 2.24) is 0 Å². The molecule has 10 aromatic rings. The van der Waals surface area contributed by atoms with Gasteiger partial charge in [-0.2, -0.15) is 0 Å². The van der Waals surface area contributed by atoms with E-state index >= 15 is 0 Å². The van der Waals surface area contributed by atoms with Crippen LogP contribution in [0.25, 0.3) is 77.6 Å². The number of hydrogen-bond acceptors (Lipinski definition) is 2. The molecule has 9 aromatic carbocycles. The number of rotatable bonds is 7. The monoisotopic (exact) mass is 755 g/mol. The third-order valence-electron chi connectivity index (χ3n) is 12.3. The van der Waals surface area contributed by atoms with Crippen molar-refractivity contribution in [3.05, 3.63) is 223 Å². The lowest BCUT2D eigenvalue weighted by atomic mass is 9.81.